The topological polar surface area (TPSA) is 49.6 Å². The molecular formula is C20H19BrClN3O. The summed E-state index contributed by atoms with van der Waals surface area (Å²) < 4.78 is 0.960. The summed E-state index contributed by atoms with van der Waals surface area (Å²) in [4.78, 5) is 16.9. The molecule has 26 heavy (non-hydrogen) atoms. The number of hydrogen-bond acceptors (Lipinski definition) is 3. The Morgan fingerprint density at radius 2 is 1.85 bits per heavy atom. The van der Waals surface area contributed by atoms with Crippen molar-refractivity contribution < 1.29 is 4.79 Å². The highest BCUT2D eigenvalue weighted by molar-refractivity contribution is 9.10. The maximum absolute atomic E-state index is 13.2. The molecular weight excluding hydrogens is 414 g/mol. The minimum atomic E-state index is -0.489. The van der Waals surface area contributed by atoms with E-state index < -0.39 is 6.04 Å². The molecule has 1 saturated heterocycles. The number of nitrogens with two attached hydrogens (primary N) is 1. The van der Waals surface area contributed by atoms with Gasteiger partial charge in [0.15, 0.2) is 0 Å². The number of nitrogens with zero attached hydrogens (tertiary/aromatic N) is 2. The summed E-state index contributed by atoms with van der Waals surface area (Å²) >= 11 is 9.39. The first-order valence-electron chi connectivity index (χ1n) is 8.14. The monoisotopic (exact) mass is 431 g/mol. The van der Waals surface area contributed by atoms with E-state index in [9.17, 15) is 4.79 Å². The molecule has 2 N–H and O–H groups in total. The van der Waals surface area contributed by atoms with E-state index in [0.717, 1.165) is 21.3 Å². The standard InChI is InChI=1S/C20H19BrClN3O/c1-2-25-18(11-23)13-24(12-14-3-9-17(22)10-4-14)20(26)19(25)15-5-7-16(21)8-6-15/h2-11,19H,1,12-13,23H2/b18-11-. The Kier molecular flexibility index (Phi) is 5.69. The zero-order valence-electron chi connectivity index (χ0n) is 14.1. The van der Waals surface area contributed by atoms with E-state index >= 15 is 0 Å². The van der Waals surface area contributed by atoms with Crippen LogP contribution in [0.3, 0.4) is 0 Å². The van der Waals surface area contributed by atoms with Gasteiger partial charge in [0.25, 0.3) is 5.91 Å². The molecule has 0 aromatic heterocycles. The first-order valence-corrected chi connectivity index (χ1v) is 9.31. The summed E-state index contributed by atoms with van der Waals surface area (Å²) in [7, 11) is 0. The Labute approximate surface area is 166 Å². The van der Waals surface area contributed by atoms with Gasteiger partial charge in [-0.1, -0.05) is 58.4 Å². The SMILES string of the molecule is C=CN1/C(=C\N)CN(Cc2ccc(Cl)cc2)C(=O)C1c1ccc(Br)cc1. The molecule has 0 bridgehead atoms. The number of benzene rings is 2. The molecule has 134 valence electrons. The maximum atomic E-state index is 13.2. The number of halogens is 2. The average Bonchev–Trinajstić information content (AvgIpc) is 2.65. The van der Waals surface area contributed by atoms with Crippen molar-refractivity contribution in [2.24, 2.45) is 5.73 Å². The number of piperazine rings is 1. The van der Waals surface area contributed by atoms with Crippen LogP contribution in [0.25, 0.3) is 0 Å². The predicted octanol–water partition coefficient (Wildman–Crippen LogP) is 4.43. The fraction of sp³-hybridized carbons (Fsp3) is 0.150. The predicted molar refractivity (Wildman–Crippen MR) is 108 cm³/mol. The molecule has 6 heteroatoms. The van der Waals surface area contributed by atoms with Gasteiger partial charge in [0.1, 0.15) is 6.04 Å². The quantitative estimate of drug-likeness (QED) is 0.777. The van der Waals surface area contributed by atoms with Gasteiger partial charge in [-0.3, -0.25) is 4.79 Å². The normalized spacial score (nSPS) is 19.1. The van der Waals surface area contributed by atoms with E-state index in [-0.39, 0.29) is 5.91 Å². The second-order valence-corrected chi connectivity index (χ2v) is 7.37. The molecule has 1 aliphatic rings. The van der Waals surface area contributed by atoms with Crippen molar-refractivity contribution in [3.63, 3.8) is 0 Å². The van der Waals surface area contributed by atoms with Crippen molar-refractivity contribution in [3.05, 3.63) is 93.8 Å². The zero-order valence-corrected chi connectivity index (χ0v) is 16.5. The Morgan fingerprint density at radius 1 is 1.19 bits per heavy atom. The van der Waals surface area contributed by atoms with Gasteiger partial charge in [0.2, 0.25) is 0 Å². The van der Waals surface area contributed by atoms with Crippen molar-refractivity contribution in [3.8, 4) is 0 Å². The summed E-state index contributed by atoms with van der Waals surface area (Å²) in [5.41, 5.74) is 8.58. The highest BCUT2D eigenvalue weighted by atomic mass is 79.9. The van der Waals surface area contributed by atoms with E-state index in [1.807, 2.05) is 53.4 Å². The third-order valence-electron chi connectivity index (χ3n) is 4.37. The molecule has 1 aliphatic heterocycles. The first-order chi connectivity index (χ1) is 12.5. The van der Waals surface area contributed by atoms with E-state index in [1.165, 1.54) is 6.20 Å². The van der Waals surface area contributed by atoms with Crippen molar-refractivity contribution in [2.45, 2.75) is 12.6 Å². The molecule has 0 radical (unpaired) electrons. The van der Waals surface area contributed by atoms with Crippen molar-refractivity contribution in [2.75, 3.05) is 6.54 Å². The molecule has 3 rings (SSSR count). The minimum Gasteiger partial charge on any atom is -0.403 e. The molecule has 2 aromatic rings. The number of amides is 1. The fourth-order valence-electron chi connectivity index (χ4n) is 3.07. The molecule has 0 aliphatic carbocycles. The van der Waals surface area contributed by atoms with Crippen molar-refractivity contribution >= 4 is 33.4 Å². The zero-order chi connectivity index (χ0) is 18.7. The van der Waals surface area contributed by atoms with Crippen LogP contribution >= 0.6 is 27.5 Å². The lowest BCUT2D eigenvalue weighted by atomic mass is 10.00. The Bertz CT molecular complexity index is 833. The van der Waals surface area contributed by atoms with Crippen LogP contribution in [-0.4, -0.2) is 22.3 Å². The van der Waals surface area contributed by atoms with Crippen LogP contribution in [0.1, 0.15) is 17.2 Å². The largest absolute Gasteiger partial charge is 0.403 e. The Balaban J connectivity index is 1.94. The summed E-state index contributed by atoms with van der Waals surface area (Å²) in [6.07, 6.45) is 3.19. The molecule has 1 atom stereocenters. The van der Waals surface area contributed by atoms with E-state index in [4.69, 9.17) is 17.3 Å². The first kappa shape index (κ1) is 18.5. The van der Waals surface area contributed by atoms with Crippen molar-refractivity contribution in [1.82, 2.24) is 9.80 Å². The minimum absolute atomic E-state index is 0.00720. The number of hydrogen-bond donors (Lipinski definition) is 1. The molecule has 1 heterocycles. The average molecular weight is 433 g/mol. The molecule has 0 saturated carbocycles. The van der Waals surface area contributed by atoms with Gasteiger partial charge in [0.05, 0.1) is 12.2 Å². The highest BCUT2D eigenvalue weighted by Crippen LogP contribution is 2.33. The summed E-state index contributed by atoms with van der Waals surface area (Å²) in [5.74, 6) is 0.00720. The fourth-order valence-corrected chi connectivity index (χ4v) is 3.46. The third kappa shape index (κ3) is 3.79. The van der Waals surface area contributed by atoms with Gasteiger partial charge < -0.3 is 15.5 Å². The van der Waals surface area contributed by atoms with Gasteiger partial charge in [-0.2, -0.15) is 0 Å². The van der Waals surface area contributed by atoms with Gasteiger partial charge in [0, 0.05) is 22.2 Å². The van der Waals surface area contributed by atoms with Crippen LogP contribution < -0.4 is 5.73 Å². The smallest absolute Gasteiger partial charge is 0.250 e. The van der Waals surface area contributed by atoms with Gasteiger partial charge in [-0.25, -0.2) is 0 Å². The molecule has 2 aromatic carbocycles. The van der Waals surface area contributed by atoms with Crippen molar-refractivity contribution in [1.29, 1.82) is 0 Å². The maximum Gasteiger partial charge on any atom is 0.250 e. The second-order valence-electron chi connectivity index (χ2n) is 6.02. The molecule has 1 fully saturated rings. The third-order valence-corrected chi connectivity index (χ3v) is 5.15. The molecule has 4 nitrogen and oxygen atoms in total. The molecule has 0 spiro atoms. The van der Waals surface area contributed by atoms with Crippen LogP contribution in [0.15, 0.2) is 77.7 Å². The van der Waals surface area contributed by atoms with Crippen LogP contribution in [0, 0.1) is 0 Å². The van der Waals surface area contributed by atoms with Gasteiger partial charge in [-0.15, -0.1) is 0 Å². The summed E-state index contributed by atoms with van der Waals surface area (Å²) in [6.45, 7) is 4.78. The van der Waals surface area contributed by atoms with Gasteiger partial charge >= 0.3 is 0 Å². The van der Waals surface area contributed by atoms with Gasteiger partial charge in [-0.05, 0) is 41.6 Å². The Morgan fingerprint density at radius 3 is 2.42 bits per heavy atom. The van der Waals surface area contributed by atoms with Crippen LogP contribution in [0.4, 0.5) is 0 Å². The van der Waals surface area contributed by atoms with E-state index in [0.29, 0.717) is 18.1 Å². The van der Waals surface area contributed by atoms with E-state index in [1.54, 1.807) is 11.1 Å². The summed E-state index contributed by atoms with van der Waals surface area (Å²) in [5, 5.41) is 0.673. The Hall–Kier alpha value is -2.24. The molecule has 1 amide bonds. The lowest BCUT2D eigenvalue weighted by molar-refractivity contribution is -0.139. The van der Waals surface area contributed by atoms with Crippen LogP contribution in [0.5, 0.6) is 0 Å². The number of carbonyl (C=O) groups excluding carboxylic acids is 1. The lowest BCUT2D eigenvalue weighted by Gasteiger charge is -2.41. The molecule has 1 unspecified atom stereocenters. The van der Waals surface area contributed by atoms with Crippen LogP contribution in [-0.2, 0) is 11.3 Å². The van der Waals surface area contributed by atoms with Crippen LogP contribution in [0.2, 0.25) is 5.02 Å². The number of rotatable bonds is 4. The highest BCUT2D eigenvalue weighted by Gasteiger charge is 2.37. The lowest BCUT2D eigenvalue weighted by Crippen LogP contribution is -2.48. The second kappa shape index (κ2) is 7.98. The van der Waals surface area contributed by atoms with E-state index in [2.05, 4.69) is 22.5 Å². The number of carbonyl (C=O) groups is 1. The summed E-state index contributed by atoms with van der Waals surface area (Å²) in [6, 6.07) is 14.7.